The lowest BCUT2D eigenvalue weighted by molar-refractivity contribution is 0.0524. The van der Waals surface area contributed by atoms with Crippen LogP contribution in [0.25, 0.3) is 0 Å². The van der Waals surface area contributed by atoms with Crippen molar-refractivity contribution in [2.24, 2.45) is 0 Å². The van der Waals surface area contributed by atoms with Gasteiger partial charge in [0.15, 0.2) is 0 Å². The molecule has 2 rings (SSSR count). The van der Waals surface area contributed by atoms with Gasteiger partial charge in [0, 0.05) is 10.6 Å². The molecule has 1 heterocycles. The van der Waals surface area contributed by atoms with Crippen LogP contribution in [0.2, 0.25) is 5.02 Å². The summed E-state index contributed by atoms with van der Waals surface area (Å²) in [5.74, 6) is 0.687. The van der Waals surface area contributed by atoms with Crippen molar-refractivity contribution in [3.63, 3.8) is 0 Å². The van der Waals surface area contributed by atoms with Crippen molar-refractivity contribution >= 4 is 35.0 Å². The first-order valence-corrected chi connectivity index (χ1v) is 7.39. The molecule has 1 aromatic heterocycles. The van der Waals surface area contributed by atoms with E-state index < -0.39 is 0 Å². The number of nitrogens with two attached hydrogens (primary N) is 1. The fourth-order valence-corrected chi connectivity index (χ4v) is 2.84. The first-order valence-electron chi connectivity index (χ1n) is 6.03. The molecular weight excluding hydrogens is 298 g/mol. The van der Waals surface area contributed by atoms with Gasteiger partial charge < -0.3 is 14.9 Å². The molecule has 0 amide bonds. The molecule has 0 radical (unpaired) electrons. The Labute approximate surface area is 126 Å². The molecule has 2 N–H and O–H groups in total. The molecule has 0 aliphatic heterocycles. The van der Waals surface area contributed by atoms with Crippen LogP contribution in [-0.2, 0) is 10.5 Å². The van der Waals surface area contributed by atoms with Gasteiger partial charge in [0.05, 0.1) is 23.6 Å². The topological polar surface area (TPSA) is 65.5 Å². The normalized spacial score (nSPS) is 10.5. The zero-order valence-corrected chi connectivity index (χ0v) is 12.5. The van der Waals surface area contributed by atoms with Gasteiger partial charge in [-0.3, -0.25) is 0 Å². The Morgan fingerprint density at radius 1 is 1.45 bits per heavy atom. The second kappa shape index (κ2) is 6.72. The highest BCUT2D eigenvalue weighted by molar-refractivity contribution is 7.98. The number of nitrogen functional groups attached to an aromatic ring is 1. The van der Waals surface area contributed by atoms with Gasteiger partial charge in [-0.1, -0.05) is 11.6 Å². The first-order chi connectivity index (χ1) is 9.61. The Morgan fingerprint density at radius 3 is 2.95 bits per heavy atom. The summed E-state index contributed by atoms with van der Waals surface area (Å²) in [6.45, 7) is 2.10. The molecule has 0 fully saturated rings. The van der Waals surface area contributed by atoms with E-state index in [1.165, 1.54) is 18.0 Å². The third-order valence-electron chi connectivity index (χ3n) is 2.56. The SMILES string of the molecule is CCOC(=O)c1ccoc1CSc1ccc(N)cc1Cl. The number of carbonyl (C=O) groups is 1. The Balaban J connectivity index is 2.08. The van der Waals surface area contributed by atoms with E-state index in [4.69, 9.17) is 26.5 Å². The highest BCUT2D eigenvalue weighted by Crippen LogP contribution is 2.32. The Kier molecular flexibility index (Phi) is 4.98. The smallest absolute Gasteiger partial charge is 0.341 e. The minimum Gasteiger partial charge on any atom is -0.468 e. The monoisotopic (exact) mass is 311 g/mol. The minimum absolute atomic E-state index is 0.334. The van der Waals surface area contributed by atoms with E-state index in [2.05, 4.69) is 0 Å². The van der Waals surface area contributed by atoms with Crippen molar-refractivity contribution in [1.29, 1.82) is 0 Å². The molecule has 0 atom stereocenters. The number of anilines is 1. The molecule has 106 valence electrons. The number of benzene rings is 1. The van der Waals surface area contributed by atoms with E-state index in [1.807, 2.05) is 6.07 Å². The zero-order chi connectivity index (χ0) is 14.5. The average molecular weight is 312 g/mol. The summed E-state index contributed by atoms with van der Waals surface area (Å²) in [7, 11) is 0. The average Bonchev–Trinajstić information content (AvgIpc) is 2.86. The van der Waals surface area contributed by atoms with Crippen molar-refractivity contribution < 1.29 is 13.9 Å². The number of hydrogen-bond donors (Lipinski definition) is 1. The molecule has 4 nitrogen and oxygen atoms in total. The number of rotatable bonds is 5. The van der Waals surface area contributed by atoms with Crippen LogP contribution in [0.4, 0.5) is 5.69 Å². The fourth-order valence-electron chi connectivity index (χ4n) is 1.62. The molecule has 0 saturated carbocycles. The largest absolute Gasteiger partial charge is 0.468 e. The maximum absolute atomic E-state index is 11.7. The maximum atomic E-state index is 11.7. The Morgan fingerprint density at radius 2 is 2.25 bits per heavy atom. The molecule has 0 unspecified atom stereocenters. The highest BCUT2D eigenvalue weighted by atomic mass is 35.5. The highest BCUT2D eigenvalue weighted by Gasteiger charge is 2.16. The van der Waals surface area contributed by atoms with Gasteiger partial charge in [-0.05, 0) is 31.2 Å². The van der Waals surface area contributed by atoms with Gasteiger partial charge in [0.2, 0.25) is 0 Å². The van der Waals surface area contributed by atoms with Crippen molar-refractivity contribution in [1.82, 2.24) is 0 Å². The van der Waals surface area contributed by atoms with Crippen LogP contribution < -0.4 is 5.73 Å². The number of hydrogen-bond acceptors (Lipinski definition) is 5. The molecule has 20 heavy (non-hydrogen) atoms. The molecule has 0 aliphatic rings. The van der Waals surface area contributed by atoms with Crippen LogP contribution in [0.15, 0.2) is 39.8 Å². The molecule has 0 spiro atoms. The van der Waals surface area contributed by atoms with E-state index in [9.17, 15) is 4.79 Å². The molecule has 0 saturated heterocycles. The number of carbonyl (C=O) groups excluding carboxylic acids is 1. The molecule has 0 bridgehead atoms. The van der Waals surface area contributed by atoms with Crippen LogP contribution in [0, 0.1) is 0 Å². The van der Waals surface area contributed by atoms with E-state index in [1.54, 1.807) is 25.1 Å². The van der Waals surface area contributed by atoms with Gasteiger partial charge in [0.25, 0.3) is 0 Å². The summed E-state index contributed by atoms with van der Waals surface area (Å²) in [4.78, 5) is 12.6. The van der Waals surface area contributed by atoms with Crippen LogP contribution >= 0.6 is 23.4 Å². The van der Waals surface area contributed by atoms with Crippen LogP contribution in [0.3, 0.4) is 0 Å². The van der Waals surface area contributed by atoms with Crippen LogP contribution in [0.1, 0.15) is 23.0 Å². The second-order valence-corrected chi connectivity index (χ2v) is 5.38. The number of halogens is 1. The lowest BCUT2D eigenvalue weighted by Gasteiger charge is -2.05. The summed E-state index contributed by atoms with van der Waals surface area (Å²) >= 11 is 7.57. The molecule has 2 aromatic rings. The zero-order valence-electron chi connectivity index (χ0n) is 10.9. The van der Waals surface area contributed by atoms with Crippen molar-refractivity contribution in [3.8, 4) is 0 Å². The molecule has 6 heteroatoms. The van der Waals surface area contributed by atoms with Crippen LogP contribution in [0.5, 0.6) is 0 Å². The summed E-state index contributed by atoms with van der Waals surface area (Å²) in [6.07, 6.45) is 1.48. The summed E-state index contributed by atoms with van der Waals surface area (Å²) in [5.41, 5.74) is 6.71. The van der Waals surface area contributed by atoms with Crippen molar-refractivity contribution in [2.75, 3.05) is 12.3 Å². The molecule has 0 aliphatic carbocycles. The van der Waals surface area contributed by atoms with E-state index in [-0.39, 0.29) is 5.97 Å². The molecule has 1 aromatic carbocycles. The summed E-state index contributed by atoms with van der Waals surface area (Å²) < 4.78 is 10.3. The summed E-state index contributed by atoms with van der Waals surface area (Å²) in [6, 6.07) is 6.93. The third-order valence-corrected chi connectivity index (χ3v) is 4.05. The predicted octanol–water partition coefficient (Wildman–Crippen LogP) is 3.98. The van der Waals surface area contributed by atoms with Gasteiger partial charge in [-0.25, -0.2) is 4.79 Å². The van der Waals surface area contributed by atoms with Crippen LogP contribution in [-0.4, -0.2) is 12.6 Å². The number of furan rings is 1. The Hall–Kier alpha value is -1.59. The van der Waals surface area contributed by atoms with Gasteiger partial charge >= 0.3 is 5.97 Å². The second-order valence-electron chi connectivity index (χ2n) is 3.96. The van der Waals surface area contributed by atoms with E-state index in [0.717, 1.165) is 4.90 Å². The van der Waals surface area contributed by atoms with E-state index in [0.29, 0.717) is 34.4 Å². The lowest BCUT2D eigenvalue weighted by atomic mass is 10.3. The van der Waals surface area contributed by atoms with Gasteiger partial charge in [-0.15, -0.1) is 11.8 Å². The first kappa shape index (κ1) is 14.8. The van der Waals surface area contributed by atoms with Gasteiger partial charge in [-0.2, -0.15) is 0 Å². The third kappa shape index (κ3) is 3.49. The van der Waals surface area contributed by atoms with Crippen molar-refractivity contribution in [3.05, 3.63) is 46.9 Å². The van der Waals surface area contributed by atoms with E-state index >= 15 is 0 Å². The quantitative estimate of drug-likeness (QED) is 0.514. The Bertz CT molecular complexity index is 612. The summed E-state index contributed by atoms with van der Waals surface area (Å²) in [5, 5.41) is 0.583. The fraction of sp³-hybridized carbons (Fsp3) is 0.214. The predicted molar refractivity (Wildman–Crippen MR) is 80.1 cm³/mol. The molecular formula is C14H14ClNO3S. The maximum Gasteiger partial charge on any atom is 0.341 e. The lowest BCUT2D eigenvalue weighted by Crippen LogP contribution is -2.05. The van der Waals surface area contributed by atoms with Crippen molar-refractivity contribution in [2.45, 2.75) is 17.6 Å². The standard InChI is InChI=1S/C14H14ClNO3S/c1-2-18-14(17)10-5-6-19-12(10)8-20-13-4-3-9(16)7-11(13)15/h3-7H,2,8,16H2,1H3. The van der Waals surface area contributed by atoms with Gasteiger partial charge in [0.1, 0.15) is 11.3 Å². The number of esters is 1. The number of thioether (sulfide) groups is 1. The minimum atomic E-state index is -0.375. The number of ether oxygens (including phenoxy) is 1.